The van der Waals surface area contributed by atoms with Crippen LogP contribution in [0.3, 0.4) is 0 Å². The van der Waals surface area contributed by atoms with E-state index in [-0.39, 0.29) is 5.75 Å². The monoisotopic (exact) mass is 381 g/mol. The van der Waals surface area contributed by atoms with Gasteiger partial charge in [0.1, 0.15) is 17.2 Å². The number of nitrogens with zero attached hydrogens (tertiary/aromatic N) is 2. The number of ether oxygens (including phenoxy) is 2. The van der Waals surface area contributed by atoms with Gasteiger partial charge in [0.2, 0.25) is 0 Å². The van der Waals surface area contributed by atoms with Crippen molar-refractivity contribution in [2.75, 3.05) is 18.5 Å². The maximum atomic E-state index is 11.9. The number of para-hydroxylation sites is 1. The Morgan fingerprint density at radius 2 is 1.93 bits per heavy atom. The molecule has 2 rings (SSSR count). The standard InChI is InChI=1S/C19H15N3O4S/c1-13-8-15(27-12-21)6-7-16(13)22-18(23)10-26-19(24)11-25-17-5-3-2-4-14(17)9-20/h2-8H,10-11H2,1H3,(H,22,23). The number of anilines is 1. The maximum Gasteiger partial charge on any atom is 0.344 e. The zero-order chi connectivity index (χ0) is 19.6. The number of rotatable bonds is 7. The average molecular weight is 381 g/mol. The van der Waals surface area contributed by atoms with E-state index in [0.717, 1.165) is 22.2 Å². The molecule has 0 saturated heterocycles. The van der Waals surface area contributed by atoms with Crippen molar-refractivity contribution in [1.29, 1.82) is 10.5 Å². The average Bonchev–Trinajstić information content (AvgIpc) is 2.67. The summed E-state index contributed by atoms with van der Waals surface area (Å²) in [5, 5.41) is 22.2. The van der Waals surface area contributed by atoms with Crippen LogP contribution in [0.25, 0.3) is 0 Å². The zero-order valence-electron chi connectivity index (χ0n) is 14.4. The molecule has 1 N–H and O–H groups in total. The molecule has 0 aromatic heterocycles. The normalized spacial score (nSPS) is 9.59. The maximum absolute atomic E-state index is 11.9. The second-order valence-corrected chi connectivity index (χ2v) is 6.13. The Balaban J connectivity index is 1.81. The van der Waals surface area contributed by atoms with Crippen molar-refractivity contribution in [3.05, 3.63) is 53.6 Å². The first-order valence-electron chi connectivity index (χ1n) is 7.77. The first-order chi connectivity index (χ1) is 13.0. The van der Waals surface area contributed by atoms with Crippen LogP contribution in [0, 0.1) is 28.9 Å². The van der Waals surface area contributed by atoms with Crippen LogP contribution in [0.15, 0.2) is 47.4 Å². The molecule has 0 aliphatic rings. The molecule has 1 amide bonds. The largest absolute Gasteiger partial charge is 0.481 e. The number of hydrogen-bond acceptors (Lipinski definition) is 7. The van der Waals surface area contributed by atoms with Crippen LogP contribution < -0.4 is 10.1 Å². The van der Waals surface area contributed by atoms with Crippen LogP contribution in [-0.2, 0) is 14.3 Å². The van der Waals surface area contributed by atoms with E-state index < -0.39 is 25.1 Å². The van der Waals surface area contributed by atoms with Gasteiger partial charge in [-0.2, -0.15) is 10.5 Å². The third-order valence-electron chi connectivity index (χ3n) is 3.35. The van der Waals surface area contributed by atoms with E-state index in [2.05, 4.69) is 5.32 Å². The Kier molecular flexibility index (Phi) is 7.24. The highest BCUT2D eigenvalue weighted by Crippen LogP contribution is 2.23. The fraction of sp³-hybridized carbons (Fsp3) is 0.158. The van der Waals surface area contributed by atoms with Crippen molar-refractivity contribution in [2.45, 2.75) is 11.8 Å². The van der Waals surface area contributed by atoms with E-state index in [9.17, 15) is 9.59 Å². The van der Waals surface area contributed by atoms with Crippen molar-refractivity contribution >= 4 is 29.3 Å². The lowest BCUT2D eigenvalue weighted by Gasteiger charge is -2.10. The lowest BCUT2D eigenvalue weighted by molar-refractivity contribution is -0.149. The highest BCUT2D eigenvalue weighted by Gasteiger charge is 2.11. The molecule has 2 aromatic carbocycles. The Hall–Kier alpha value is -3.49. The number of nitrogens with one attached hydrogen (secondary N) is 1. The predicted molar refractivity (Wildman–Crippen MR) is 98.9 cm³/mol. The summed E-state index contributed by atoms with van der Waals surface area (Å²) >= 11 is 1.03. The van der Waals surface area contributed by atoms with Gasteiger partial charge in [-0.05, 0) is 54.6 Å². The van der Waals surface area contributed by atoms with Gasteiger partial charge in [-0.3, -0.25) is 4.79 Å². The molecule has 136 valence electrons. The molecule has 0 saturated carbocycles. The number of thioether (sulfide) groups is 1. The van der Waals surface area contributed by atoms with Gasteiger partial charge in [0.25, 0.3) is 5.91 Å². The SMILES string of the molecule is Cc1cc(SC#N)ccc1NC(=O)COC(=O)COc1ccccc1C#N. The van der Waals surface area contributed by atoms with Gasteiger partial charge in [0.15, 0.2) is 13.2 Å². The van der Waals surface area contributed by atoms with Gasteiger partial charge in [-0.1, -0.05) is 12.1 Å². The number of amides is 1. The lowest BCUT2D eigenvalue weighted by atomic mass is 10.2. The smallest absolute Gasteiger partial charge is 0.344 e. The number of thiocyanates is 1. The molecular weight excluding hydrogens is 366 g/mol. The number of aryl methyl sites for hydroxylation is 1. The van der Waals surface area contributed by atoms with Crippen LogP contribution in [-0.4, -0.2) is 25.1 Å². The highest BCUT2D eigenvalue weighted by atomic mass is 32.2. The first-order valence-corrected chi connectivity index (χ1v) is 8.59. The van der Waals surface area contributed by atoms with Crippen LogP contribution in [0.2, 0.25) is 0 Å². The van der Waals surface area contributed by atoms with Gasteiger partial charge in [-0.15, -0.1) is 0 Å². The first kappa shape index (κ1) is 19.8. The van der Waals surface area contributed by atoms with E-state index in [1.165, 1.54) is 0 Å². The van der Waals surface area contributed by atoms with Gasteiger partial charge < -0.3 is 14.8 Å². The van der Waals surface area contributed by atoms with E-state index in [1.807, 2.05) is 11.5 Å². The van der Waals surface area contributed by atoms with E-state index >= 15 is 0 Å². The molecule has 0 radical (unpaired) electrons. The molecule has 0 atom stereocenters. The quantitative estimate of drug-likeness (QED) is 0.446. The topological polar surface area (TPSA) is 112 Å². The molecule has 27 heavy (non-hydrogen) atoms. The molecule has 8 heteroatoms. The predicted octanol–water partition coefficient (Wildman–Crippen LogP) is 3.00. The van der Waals surface area contributed by atoms with Gasteiger partial charge in [-0.25, -0.2) is 4.79 Å². The zero-order valence-corrected chi connectivity index (χ0v) is 15.2. The summed E-state index contributed by atoms with van der Waals surface area (Å²) in [7, 11) is 0. The fourth-order valence-corrected chi connectivity index (χ4v) is 2.57. The number of carbonyl (C=O) groups excluding carboxylic acids is 2. The van der Waals surface area contributed by atoms with E-state index in [4.69, 9.17) is 20.0 Å². The van der Waals surface area contributed by atoms with Crippen molar-refractivity contribution in [3.8, 4) is 17.2 Å². The summed E-state index contributed by atoms with van der Waals surface area (Å²) in [6.45, 7) is 0.921. The summed E-state index contributed by atoms with van der Waals surface area (Å²) in [5.74, 6) is -0.952. The fourth-order valence-electron chi connectivity index (χ4n) is 2.09. The Morgan fingerprint density at radius 1 is 1.15 bits per heavy atom. The molecule has 0 aliphatic carbocycles. The molecule has 0 heterocycles. The minimum atomic E-state index is -0.726. The summed E-state index contributed by atoms with van der Waals surface area (Å²) in [5.41, 5.74) is 1.65. The van der Waals surface area contributed by atoms with Crippen LogP contribution in [0.5, 0.6) is 5.75 Å². The minimum absolute atomic E-state index is 0.271. The number of nitriles is 2. The summed E-state index contributed by atoms with van der Waals surface area (Å²) in [6.07, 6.45) is 0. The van der Waals surface area contributed by atoms with Crippen molar-refractivity contribution in [2.24, 2.45) is 0 Å². The van der Waals surface area contributed by atoms with Crippen molar-refractivity contribution < 1.29 is 19.1 Å². The third kappa shape index (κ3) is 6.07. The highest BCUT2D eigenvalue weighted by molar-refractivity contribution is 8.03. The molecule has 2 aromatic rings. The van der Waals surface area contributed by atoms with Gasteiger partial charge in [0, 0.05) is 10.6 Å². The van der Waals surface area contributed by atoms with Gasteiger partial charge in [0.05, 0.1) is 5.56 Å². The van der Waals surface area contributed by atoms with Crippen molar-refractivity contribution in [1.82, 2.24) is 0 Å². The van der Waals surface area contributed by atoms with Gasteiger partial charge >= 0.3 is 5.97 Å². The molecule has 0 unspecified atom stereocenters. The second-order valence-electron chi connectivity index (χ2n) is 5.28. The molecular formula is C19H15N3O4S. The minimum Gasteiger partial charge on any atom is -0.481 e. The number of hydrogen-bond donors (Lipinski definition) is 1. The molecule has 0 spiro atoms. The Morgan fingerprint density at radius 3 is 2.63 bits per heavy atom. The molecule has 0 fully saturated rings. The van der Waals surface area contributed by atoms with Crippen LogP contribution in [0.1, 0.15) is 11.1 Å². The summed E-state index contributed by atoms with van der Waals surface area (Å²) in [4.78, 5) is 24.4. The van der Waals surface area contributed by atoms with Crippen LogP contribution in [0.4, 0.5) is 5.69 Å². The Bertz CT molecular complexity index is 931. The van der Waals surface area contributed by atoms with Crippen molar-refractivity contribution in [3.63, 3.8) is 0 Å². The molecule has 7 nitrogen and oxygen atoms in total. The second kappa shape index (κ2) is 9.85. The number of esters is 1. The van der Waals surface area contributed by atoms with E-state index in [0.29, 0.717) is 11.3 Å². The number of benzene rings is 2. The molecule has 0 aliphatic heterocycles. The third-order valence-corrected chi connectivity index (χ3v) is 3.93. The molecule has 0 bridgehead atoms. The summed E-state index contributed by atoms with van der Waals surface area (Å²) in [6, 6.07) is 13.6. The number of carbonyl (C=O) groups is 2. The van der Waals surface area contributed by atoms with Crippen LogP contribution >= 0.6 is 11.8 Å². The Labute approximate surface area is 160 Å². The van der Waals surface area contributed by atoms with E-state index in [1.54, 1.807) is 49.4 Å². The summed E-state index contributed by atoms with van der Waals surface area (Å²) < 4.78 is 10.1. The lowest BCUT2D eigenvalue weighted by Crippen LogP contribution is -2.24.